The Morgan fingerprint density at radius 3 is 2.16 bits per heavy atom. The second-order valence-electron chi connectivity index (χ2n) is 5.36. The van der Waals surface area contributed by atoms with Crippen LogP contribution in [0.5, 0.6) is 0 Å². The summed E-state index contributed by atoms with van der Waals surface area (Å²) in [5.41, 5.74) is -4.40. The van der Waals surface area contributed by atoms with Crippen molar-refractivity contribution in [3.63, 3.8) is 0 Å². The quantitative estimate of drug-likeness (QED) is 0.652. The Morgan fingerprint density at radius 1 is 1.08 bits per heavy atom. The first-order chi connectivity index (χ1) is 11.4. The molecule has 2 N–H and O–H groups in total. The molecule has 2 aromatic rings. The summed E-state index contributed by atoms with van der Waals surface area (Å²) < 4.78 is 63.0. The van der Waals surface area contributed by atoms with Gasteiger partial charge in [0.2, 0.25) is 0 Å². The van der Waals surface area contributed by atoms with Crippen LogP contribution in [0.1, 0.15) is 16.7 Å². The van der Waals surface area contributed by atoms with Gasteiger partial charge < -0.3 is 9.79 Å². The third-order valence-corrected chi connectivity index (χ3v) is 6.27. The second kappa shape index (κ2) is 7.25. The van der Waals surface area contributed by atoms with Gasteiger partial charge in [-0.2, -0.15) is 8.78 Å². The van der Waals surface area contributed by atoms with Crippen LogP contribution in [0.25, 0.3) is 0 Å². The van der Waals surface area contributed by atoms with Crippen molar-refractivity contribution in [2.45, 2.75) is 17.2 Å². The first kappa shape index (κ1) is 20.2. The van der Waals surface area contributed by atoms with Crippen molar-refractivity contribution in [2.75, 3.05) is 0 Å². The van der Waals surface area contributed by atoms with Crippen molar-refractivity contribution in [1.82, 2.24) is 0 Å². The number of sulfone groups is 1. The third kappa shape index (κ3) is 5.18. The van der Waals surface area contributed by atoms with Crippen LogP contribution in [0.3, 0.4) is 0 Å². The van der Waals surface area contributed by atoms with Crippen LogP contribution in [0, 0.1) is 6.07 Å². The molecule has 2 aromatic carbocycles. The Balaban J connectivity index is 2.17. The predicted molar refractivity (Wildman–Crippen MR) is 91.7 cm³/mol. The van der Waals surface area contributed by atoms with E-state index in [4.69, 9.17) is 9.79 Å². The fraction of sp³-hybridized carbons (Fsp3) is 0.200. The predicted octanol–water partition coefficient (Wildman–Crippen LogP) is 3.59. The van der Waals surface area contributed by atoms with Crippen molar-refractivity contribution in [2.24, 2.45) is 0 Å². The molecule has 0 amide bonds. The van der Waals surface area contributed by atoms with E-state index in [0.717, 1.165) is 24.3 Å². The molecule has 0 unspecified atom stereocenters. The first-order valence-corrected chi connectivity index (χ1v) is 11.0. The summed E-state index contributed by atoms with van der Waals surface area (Å²) >= 11 is 3.19. The molecule has 0 aliphatic carbocycles. The number of hydrogen-bond acceptors (Lipinski definition) is 3. The summed E-state index contributed by atoms with van der Waals surface area (Å²) in [6.07, 6.45) is 0. The van der Waals surface area contributed by atoms with Gasteiger partial charge in [0.05, 0.1) is 11.5 Å². The molecule has 135 valence electrons. The van der Waals surface area contributed by atoms with E-state index in [1.165, 1.54) is 0 Å². The van der Waals surface area contributed by atoms with E-state index in [1.807, 2.05) is 0 Å². The molecule has 0 fully saturated rings. The summed E-state index contributed by atoms with van der Waals surface area (Å²) in [6.45, 7) is 0. The summed E-state index contributed by atoms with van der Waals surface area (Å²) in [7, 11) is -9.21. The zero-order valence-corrected chi connectivity index (χ0v) is 15.9. The molecule has 0 bridgehead atoms. The van der Waals surface area contributed by atoms with E-state index in [-0.39, 0.29) is 17.1 Å². The van der Waals surface area contributed by atoms with E-state index in [0.29, 0.717) is 10.0 Å². The van der Waals surface area contributed by atoms with Crippen molar-refractivity contribution >= 4 is 33.4 Å². The maximum Gasteiger partial charge on any atom is 0.399 e. The van der Waals surface area contributed by atoms with E-state index >= 15 is 0 Å². The number of alkyl halides is 2. The van der Waals surface area contributed by atoms with Gasteiger partial charge in [-0.05, 0) is 23.3 Å². The van der Waals surface area contributed by atoms with Gasteiger partial charge in [-0.1, -0.05) is 52.3 Å². The molecule has 2 rings (SSSR count). The molecule has 0 atom stereocenters. The smallest absolute Gasteiger partial charge is 0.320 e. The SMILES string of the molecule is O=P(O)(O)C(F)(F)c1ccc(CS(=O)(=O)Cc2cc[c]c(Br)c2)cc1. The summed E-state index contributed by atoms with van der Waals surface area (Å²) in [6, 6.07) is 11.5. The molecular weight excluding hydrogens is 441 g/mol. The Labute approximate surface area is 151 Å². The lowest BCUT2D eigenvalue weighted by Gasteiger charge is -2.18. The molecule has 5 nitrogen and oxygen atoms in total. The molecular formula is C15H13BrF2O5PS. The summed E-state index contributed by atoms with van der Waals surface area (Å²) in [5.74, 6) is -0.619. The molecule has 25 heavy (non-hydrogen) atoms. The summed E-state index contributed by atoms with van der Waals surface area (Å²) in [4.78, 5) is 17.4. The highest BCUT2D eigenvalue weighted by molar-refractivity contribution is 9.10. The molecule has 0 heterocycles. The lowest BCUT2D eigenvalue weighted by atomic mass is 10.1. The Morgan fingerprint density at radius 2 is 1.64 bits per heavy atom. The number of halogens is 3. The molecule has 0 aromatic heterocycles. The van der Waals surface area contributed by atoms with Crippen LogP contribution in [-0.2, 0) is 31.6 Å². The molecule has 1 radical (unpaired) electrons. The maximum absolute atomic E-state index is 13.6. The largest absolute Gasteiger partial charge is 0.399 e. The highest BCUT2D eigenvalue weighted by atomic mass is 79.9. The fourth-order valence-electron chi connectivity index (χ4n) is 2.10. The monoisotopic (exact) mass is 453 g/mol. The Kier molecular flexibility index (Phi) is 5.85. The Bertz CT molecular complexity index is 910. The highest BCUT2D eigenvalue weighted by Gasteiger charge is 2.50. The average molecular weight is 454 g/mol. The first-order valence-electron chi connectivity index (χ1n) is 6.80. The van der Waals surface area contributed by atoms with Gasteiger partial charge in [0.25, 0.3) is 0 Å². The normalized spacial score (nSPS) is 13.0. The van der Waals surface area contributed by atoms with Crippen molar-refractivity contribution in [3.05, 3.63) is 69.7 Å². The minimum Gasteiger partial charge on any atom is -0.320 e. The molecule has 0 saturated heterocycles. The van der Waals surface area contributed by atoms with Crippen LogP contribution in [0.2, 0.25) is 0 Å². The number of benzene rings is 2. The number of hydrogen-bond donors (Lipinski definition) is 2. The topological polar surface area (TPSA) is 91.7 Å². The van der Waals surface area contributed by atoms with Gasteiger partial charge in [0.1, 0.15) is 0 Å². The van der Waals surface area contributed by atoms with Crippen molar-refractivity contribution in [1.29, 1.82) is 0 Å². The van der Waals surface area contributed by atoms with E-state index < -0.39 is 28.7 Å². The standard InChI is InChI=1S/C15H13BrF2O5PS/c16-14-3-1-2-12(8-14)10-25(22,23)9-11-4-6-13(7-5-11)15(17,18)24(19,20)21/h1-2,4-8H,9-10H2,(H2,19,20,21). The average Bonchev–Trinajstić information content (AvgIpc) is 2.45. The van der Waals surface area contributed by atoms with Crippen LogP contribution < -0.4 is 0 Å². The van der Waals surface area contributed by atoms with Crippen LogP contribution in [0.4, 0.5) is 8.78 Å². The lowest BCUT2D eigenvalue weighted by Crippen LogP contribution is -2.14. The molecule has 0 aliphatic rings. The van der Waals surface area contributed by atoms with E-state index in [2.05, 4.69) is 22.0 Å². The van der Waals surface area contributed by atoms with E-state index in [1.54, 1.807) is 18.2 Å². The minimum absolute atomic E-state index is 0.235. The van der Waals surface area contributed by atoms with E-state index in [9.17, 15) is 21.8 Å². The minimum atomic E-state index is -5.66. The van der Waals surface area contributed by atoms with Gasteiger partial charge in [0.15, 0.2) is 9.84 Å². The van der Waals surface area contributed by atoms with Gasteiger partial charge in [-0.15, -0.1) is 0 Å². The summed E-state index contributed by atoms with van der Waals surface area (Å²) in [5, 5.41) is 0. The molecule has 10 heteroatoms. The Hall–Kier alpha value is -1.12. The third-order valence-electron chi connectivity index (χ3n) is 3.27. The van der Waals surface area contributed by atoms with Gasteiger partial charge >= 0.3 is 13.3 Å². The maximum atomic E-state index is 13.6. The van der Waals surface area contributed by atoms with Crippen LogP contribution in [0.15, 0.2) is 46.9 Å². The van der Waals surface area contributed by atoms with Gasteiger partial charge in [-0.25, -0.2) is 8.42 Å². The van der Waals surface area contributed by atoms with Gasteiger partial charge in [-0.3, -0.25) is 4.57 Å². The highest BCUT2D eigenvalue weighted by Crippen LogP contribution is 2.59. The van der Waals surface area contributed by atoms with Gasteiger partial charge in [0, 0.05) is 10.0 Å². The second-order valence-corrected chi connectivity index (χ2v) is 9.93. The van der Waals surface area contributed by atoms with Crippen molar-refractivity contribution < 1.29 is 31.6 Å². The van der Waals surface area contributed by atoms with Crippen molar-refractivity contribution in [3.8, 4) is 0 Å². The fourth-order valence-corrected chi connectivity index (χ4v) is 4.50. The zero-order chi connectivity index (χ0) is 18.9. The van der Waals surface area contributed by atoms with Crippen LogP contribution >= 0.6 is 23.5 Å². The number of rotatable bonds is 6. The lowest BCUT2D eigenvalue weighted by molar-refractivity contribution is 0.0564. The molecule has 0 saturated carbocycles. The molecule has 0 spiro atoms. The van der Waals surface area contributed by atoms with Crippen LogP contribution in [-0.4, -0.2) is 18.2 Å². The molecule has 0 aliphatic heterocycles. The zero-order valence-electron chi connectivity index (χ0n) is 12.6.